The fraction of sp³-hybridized carbons (Fsp3) is 0.611. The summed E-state index contributed by atoms with van der Waals surface area (Å²) in [5.41, 5.74) is 2.28. The number of carbonyl (C=O) groups is 1. The van der Waals surface area contributed by atoms with E-state index in [4.69, 9.17) is 9.47 Å². The summed E-state index contributed by atoms with van der Waals surface area (Å²) < 4.78 is 12.9. The number of hydrogen-bond donors (Lipinski definition) is 1. The van der Waals surface area contributed by atoms with Crippen LogP contribution in [0.1, 0.15) is 37.3 Å². The van der Waals surface area contributed by atoms with E-state index in [2.05, 4.69) is 28.2 Å². The van der Waals surface area contributed by atoms with E-state index in [1.807, 2.05) is 13.1 Å². The maximum atomic E-state index is 12.7. The number of ether oxygens (including phenoxy) is 2. The van der Waals surface area contributed by atoms with Crippen LogP contribution in [0.25, 0.3) is 0 Å². The van der Waals surface area contributed by atoms with Crippen molar-refractivity contribution < 1.29 is 14.3 Å². The van der Waals surface area contributed by atoms with Crippen LogP contribution in [0.15, 0.2) is 10.5 Å². The van der Waals surface area contributed by atoms with Gasteiger partial charge in [-0.1, -0.05) is 22.9 Å². The van der Waals surface area contributed by atoms with Crippen LogP contribution < -0.4 is 14.8 Å². The Hall–Kier alpha value is -1.07. The Kier molecular flexibility index (Phi) is 3.50. The Balaban J connectivity index is 2.04. The van der Waals surface area contributed by atoms with Gasteiger partial charge in [0, 0.05) is 27.9 Å². The zero-order chi connectivity index (χ0) is 16.4. The molecule has 2 aliphatic carbocycles. The van der Waals surface area contributed by atoms with Gasteiger partial charge in [-0.3, -0.25) is 4.79 Å². The minimum absolute atomic E-state index is 0.219. The molecule has 1 aromatic rings. The quantitative estimate of drug-likeness (QED) is 0.876. The van der Waals surface area contributed by atoms with Crippen molar-refractivity contribution in [1.29, 1.82) is 0 Å². The number of hydrogen-bond acceptors (Lipinski definition) is 4. The monoisotopic (exact) mass is 379 g/mol. The van der Waals surface area contributed by atoms with Crippen molar-refractivity contribution in [3.8, 4) is 11.5 Å². The fourth-order valence-electron chi connectivity index (χ4n) is 5.23. The Bertz CT molecular complexity index is 689. The molecule has 3 unspecified atom stereocenters. The molecule has 1 heterocycles. The minimum atomic E-state index is -0.362. The molecular weight excluding hydrogens is 358 g/mol. The van der Waals surface area contributed by atoms with Crippen molar-refractivity contribution in [2.24, 2.45) is 5.92 Å². The Labute approximate surface area is 145 Å². The molecule has 23 heavy (non-hydrogen) atoms. The third-order valence-corrected chi connectivity index (χ3v) is 6.92. The van der Waals surface area contributed by atoms with Gasteiger partial charge in [0.05, 0.1) is 7.11 Å². The summed E-state index contributed by atoms with van der Waals surface area (Å²) in [6, 6.07) is 2.35. The molecular formula is C18H22BrNO3. The number of carbonyl (C=O) groups excluding carboxylic acids is 1. The van der Waals surface area contributed by atoms with Crippen LogP contribution in [-0.4, -0.2) is 32.1 Å². The smallest absolute Gasteiger partial charge is 0.174 e. The molecule has 1 saturated carbocycles. The van der Waals surface area contributed by atoms with Gasteiger partial charge < -0.3 is 14.8 Å². The second-order valence-corrected chi connectivity index (χ2v) is 7.70. The number of benzene rings is 1. The first-order valence-electron chi connectivity index (χ1n) is 8.34. The highest BCUT2D eigenvalue weighted by molar-refractivity contribution is 9.10. The van der Waals surface area contributed by atoms with Crippen molar-refractivity contribution in [2.45, 2.75) is 50.2 Å². The minimum Gasteiger partial charge on any atom is -0.493 e. The van der Waals surface area contributed by atoms with E-state index in [0.717, 1.165) is 35.2 Å². The predicted octanol–water partition coefficient (Wildman–Crippen LogP) is 2.99. The van der Waals surface area contributed by atoms with Crippen LogP contribution in [0.5, 0.6) is 11.5 Å². The van der Waals surface area contributed by atoms with Crippen LogP contribution in [0, 0.1) is 5.92 Å². The van der Waals surface area contributed by atoms with E-state index in [1.165, 1.54) is 11.1 Å². The number of ketones is 1. The van der Waals surface area contributed by atoms with Crippen molar-refractivity contribution in [3.63, 3.8) is 0 Å². The van der Waals surface area contributed by atoms with Crippen LogP contribution in [0.2, 0.25) is 0 Å². The normalized spacial score (nSPS) is 34.1. The van der Waals surface area contributed by atoms with E-state index < -0.39 is 0 Å². The summed E-state index contributed by atoms with van der Waals surface area (Å²) in [5, 5.41) is 3.50. The summed E-state index contributed by atoms with van der Waals surface area (Å²) >= 11 is 3.72. The number of halogens is 1. The number of Topliss-reactive ketones (excluding diaryl/α,β-unsaturated/α-hetero) is 1. The SMILES string of the molecule is CC[C@@]12c3c4c(Br)cc(OC)c3OC1C(=O)CCC2C(NC)C4. The predicted molar refractivity (Wildman–Crippen MR) is 91.4 cm³/mol. The molecule has 5 heteroatoms. The number of likely N-dealkylation sites (N-methyl/N-ethyl adjacent to an activating group) is 1. The summed E-state index contributed by atoms with van der Waals surface area (Å²) in [7, 11) is 3.69. The average Bonchev–Trinajstić information content (AvgIpc) is 2.93. The molecule has 3 aliphatic rings. The highest BCUT2D eigenvalue weighted by atomic mass is 79.9. The molecule has 4 nitrogen and oxygen atoms in total. The Morgan fingerprint density at radius 1 is 1.52 bits per heavy atom. The fourth-order valence-corrected chi connectivity index (χ4v) is 5.80. The second kappa shape index (κ2) is 5.21. The average molecular weight is 380 g/mol. The van der Waals surface area contributed by atoms with Gasteiger partial charge in [-0.2, -0.15) is 0 Å². The molecule has 0 saturated heterocycles. The highest BCUT2D eigenvalue weighted by Gasteiger charge is 2.63. The third-order valence-electron chi connectivity index (χ3n) is 6.21. The maximum Gasteiger partial charge on any atom is 0.174 e. The zero-order valence-corrected chi connectivity index (χ0v) is 15.3. The van der Waals surface area contributed by atoms with E-state index >= 15 is 0 Å². The second-order valence-electron chi connectivity index (χ2n) is 6.85. The molecule has 1 aromatic carbocycles. The summed E-state index contributed by atoms with van der Waals surface area (Å²) in [6.45, 7) is 2.19. The number of rotatable bonds is 3. The highest BCUT2D eigenvalue weighted by Crippen LogP contribution is 2.62. The van der Waals surface area contributed by atoms with Gasteiger partial charge in [-0.05, 0) is 43.9 Å². The molecule has 124 valence electrons. The first kappa shape index (κ1) is 15.5. The molecule has 0 spiro atoms. The van der Waals surface area contributed by atoms with E-state index in [0.29, 0.717) is 18.4 Å². The summed E-state index contributed by atoms with van der Waals surface area (Å²) in [4.78, 5) is 12.7. The van der Waals surface area contributed by atoms with Gasteiger partial charge in [-0.15, -0.1) is 0 Å². The molecule has 1 N–H and O–H groups in total. The molecule has 1 fully saturated rings. The van der Waals surface area contributed by atoms with E-state index in [9.17, 15) is 4.79 Å². The first-order valence-corrected chi connectivity index (χ1v) is 9.14. The topological polar surface area (TPSA) is 47.6 Å². The Morgan fingerprint density at radius 2 is 2.30 bits per heavy atom. The lowest BCUT2D eigenvalue weighted by Gasteiger charge is -2.50. The zero-order valence-electron chi connectivity index (χ0n) is 13.7. The summed E-state index contributed by atoms with van der Waals surface area (Å²) in [5.74, 6) is 2.19. The van der Waals surface area contributed by atoms with Gasteiger partial charge in [0.25, 0.3) is 0 Å². The molecule has 0 amide bonds. The van der Waals surface area contributed by atoms with Crippen molar-refractivity contribution in [3.05, 3.63) is 21.7 Å². The van der Waals surface area contributed by atoms with Crippen LogP contribution in [0.4, 0.5) is 0 Å². The number of methoxy groups -OCH3 is 1. The third kappa shape index (κ3) is 1.78. The van der Waals surface area contributed by atoms with Crippen LogP contribution in [-0.2, 0) is 16.6 Å². The van der Waals surface area contributed by atoms with Crippen molar-refractivity contribution >= 4 is 21.7 Å². The molecule has 1 aliphatic heterocycles. The molecule has 4 atom stereocenters. The van der Waals surface area contributed by atoms with Crippen molar-refractivity contribution in [2.75, 3.05) is 14.2 Å². The van der Waals surface area contributed by atoms with Gasteiger partial charge >= 0.3 is 0 Å². The molecule has 4 rings (SSSR count). The lowest BCUT2D eigenvalue weighted by molar-refractivity contribution is -0.134. The summed E-state index contributed by atoms with van der Waals surface area (Å²) in [6.07, 6.45) is 3.05. The van der Waals surface area contributed by atoms with Gasteiger partial charge in [0.1, 0.15) is 0 Å². The standard InChI is InChI=1S/C18H22BrNO3/c1-4-18-10-5-6-13(21)17(18)23-16-14(22-3)8-11(19)9(15(16)18)7-12(10)20-2/h8,10,12,17,20H,4-7H2,1-3H3/t10?,12?,17?,18-/m1/s1. The van der Waals surface area contributed by atoms with Crippen LogP contribution in [0.3, 0.4) is 0 Å². The van der Waals surface area contributed by atoms with Gasteiger partial charge in [0.2, 0.25) is 0 Å². The lowest BCUT2D eigenvalue weighted by atomic mass is 9.54. The van der Waals surface area contributed by atoms with E-state index in [-0.39, 0.29) is 17.3 Å². The Morgan fingerprint density at radius 3 is 2.96 bits per heavy atom. The van der Waals surface area contributed by atoms with E-state index in [1.54, 1.807) is 7.11 Å². The molecule has 0 radical (unpaired) electrons. The largest absolute Gasteiger partial charge is 0.493 e. The van der Waals surface area contributed by atoms with Crippen molar-refractivity contribution in [1.82, 2.24) is 5.32 Å². The lowest BCUT2D eigenvalue weighted by Crippen LogP contribution is -2.60. The van der Waals surface area contributed by atoms with Gasteiger partial charge in [0.15, 0.2) is 23.4 Å². The molecule has 0 aromatic heterocycles. The van der Waals surface area contributed by atoms with Crippen LogP contribution >= 0.6 is 15.9 Å². The first-order chi connectivity index (χ1) is 11.1. The van der Waals surface area contributed by atoms with Gasteiger partial charge in [-0.25, -0.2) is 0 Å². The number of nitrogens with one attached hydrogen (secondary N) is 1. The molecule has 0 bridgehead atoms. The maximum absolute atomic E-state index is 12.7.